The van der Waals surface area contributed by atoms with E-state index in [0.717, 1.165) is 61.9 Å². The summed E-state index contributed by atoms with van der Waals surface area (Å²) in [6.45, 7) is 2.23. The average molecular weight is 400 g/mol. The summed E-state index contributed by atoms with van der Waals surface area (Å²) in [6.07, 6.45) is 12.5. The molecule has 1 aromatic rings. The number of aliphatic imine (C=N–C) groups is 1. The first-order valence-electron chi connectivity index (χ1n) is 10.9. The SMILES string of the molecule is CN1c2cc(C3=CCB(C#N)CC3)ccc2N=CC1/C(C=N)=C/NC1CCNCC1. The van der Waals surface area contributed by atoms with Crippen molar-refractivity contribution in [2.24, 2.45) is 4.99 Å². The lowest BCUT2D eigenvalue weighted by Crippen LogP contribution is -2.40. The van der Waals surface area contributed by atoms with Crippen molar-refractivity contribution in [3.63, 3.8) is 0 Å². The van der Waals surface area contributed by atoms with E-state index < -0.39 is 0 Å². The molecule has 1 fully saturated rings. The van der Waals surface area contributed by atoms with Crippen LogP contribution in [-0.2, 0) is 0 Å². The number of nitrogens with zero attached hydrogens (tertiary/aromatic N) is 3. The lowest BCUT2D eigenvalue weighted by molar-refractivity contribution is 0.419. The Bertz CT molecular complexity index is 922. The third-order valence-electron chi connectivity index (χ3n) is 6.42. The fourth-order valence-electron chi connectivity index (χ4n) is 4.45. The molecule has 1 saturated heterocycles. The molecule has 1 atom stereocenters. The topological polar surface area (TPSA) is 87.3 Å². The first-order valence-corrected chi connectivity index (χ1v) is 10.9. The fourth-order valence-corrected chi connectivity index (χ4v) is 4.45. The summed E-state index contributed by atoms with van der Waals surface area (Å²) in [5.41, 5.74) is 5.47. The number of hydrogen-bond acceptors (Lipinski definition) is 6. The molecule has 3 heterocycles. The van der Waals surface area contributed by atoms with Crippen molar-refractivity contribution in [2.75, 3.05) is 25.0 Å². The average Bonchev–Trinajstić information content (AvgIpc) is 2.81. The zero-order valence-electron chi connectivity index (χ0n) is 17.6. The third kappa shape index (κ3) is 4.34. The molecule has 7 heteroatoms. The minimum Gasteiger partial charge on any atom is -0.388 e. The highest BCUT2D eigenvalue weighted by Crippen LogP contribution is 2.37. The van der Waals surface area contributed by atoms with Gasteiger partial charge in [0.25, 0.3) is 6.71 Å². The van der Waals surface area contributed by atoms with Gasteiger partial charge in [0, 0.05) is 43.3 Å². The Labute approximate surface area is 179 Å². The van der Waals surface area contributed by atoms with E-state index >= 15 is 0 Å². The van der Waals surface area contributed by atoms with Crippen molar-refractivity contribution in [1.29, 1.82) is 10.7 Å². The molecule has 154 valence electrons. The third-order valence-corrected chi connectivity index (χ3v) is 6.42. The summed E-state index contributed by atoms with van der Waals surface area (Å²) >= 11 is 0. The zero-order valence-corrected chi connectivity index (χ0v) is 17.6. The molecule has 6 nitrogen and oxygen atoms in total. The number of piperidine rings is 1. The Kier molecular flexibility index (Phi) is 6.34. The second kappa shape index (κ2) is 9.31. The van der Waals surface area contributed by atoms with Crippen LogP contribution in [0, 0.1) is 16.6 Å². The molecular weight excluding hydrogens is 371 g/mol. The van der Waals surface area contributed by atoms with E-state index in [-0.39, 0.29) is 12.8 Å². The van der Waals surface area contributed by atoms with Gasteiger partial charge in [-0.2, -0.15) is 0 Å². The summed E-state index contributed by atoms with van der Waals surface area (Å²) in [7, 11) is 2.07. The maximum Gasteiger partial charge on any atom is 0.271 e. The van der Waals surface area contributed by atoms with Gasteiger partial charge in [-0.15, -0.1) is 0 Å². The van der Waals surface area contributed by atoms with Gasteiger partial charge < -0.3 is 20.9 Å². The van der Waals surface area contributed by atoms with E-state index in [2.05, 4.69) is 57.8 Å². The first-order chi connectivity index (χ1) is 14.7. The molecule has 30 heavy (non-hydrogen) atoms. The van der Waals surface area contributed by atoms with Crippen LogP contribution in [0.5, 0.6) is 0 Å². The lowest BCUT2D eigenvalue weighted by Gasteiger charge is -2.33. The molecular formula is C23H29BN6. The molecule has 1 aromatic carbocycles. The lowest BCUT2D eigenvalue weighted by atomic mass is 9.43. The number of anilines is 1. The van der Waals surface area contributed by atoms with Crippen LogP contribution < -0.4 is 15.5 Å². The van der Waals surface area contributed by atoms with Crippen molar-refractivity contribution in [3.05, 3.63) is 41.6 Å². The minimum atomic E-state index is -0.0669. The van der Waals surface area contributed by atoms with E-state index in [1.807, 2.05) is 12.4 Å². The van der Waals surface area contributed by atoms with E-state index in [1.165, 1.54) is 17.4 Å². The highest BCUT2D eigenvalue weighted by Gasteiger charge is 2.25. The van der Waals surface area contributed by atoms with Gasteiger partial charge in [-0.3, -0.25) is 4.99 Å². The number of benzene rings is 1. The van der Waals surface area contributed by atoms with Crippen molar-refractivity contribution in [1.82, 2.24) is 10.6 Å². The second-order valence-electron chi connectivity index (χ2n) is 8.35. The van der Waals surface area contributed by atoms with Gasteiger partial charge in [-0.05, 0) is 61.9 Å². The Balaban J connectivity index is 1.53. The van der Waals surface area contributed by atoms with Gasteiger partial charge in [0.2, 0.25) is 0 Å². The number of allylic oxidation sites excluding steroid dienone is 2. The molecule has 4 rings (SSSR count). The van der Waals surface area contributed by atoms with Crippen LogP contribution in [0.3, 0.4) is 0 Å². The van der Waals surface area contributed by atoms with Crippen molar-refractivity contribution in [3.8, 4) is 5.97 Å². The summed E-state index contributed by atoms with van der Waals surface area (Å²) in [4.78, 5) is 6.89. The fraction of sp³-hybridized carbons (Fsp3) is 0.435. The van der Waals surface area contributed by atoms with Gasteiger partial charge in [0.05, 0.1) is 17.4 Å². The van der Waals surface area contributed by atoms with Crippen molar-refractivity contribution >= 4 is 36.1 Å². The molecule has 3 aliphatic heterocycles. The smallest absolute Gasteiger partial charge is 0.271 e. The minimum absolute atomic E-state index is 0.0669. The largest absolute Gasteiger partial charge is 0.388 e. The molecule has 3 aliphatic rings. The van der Waals surface area contributed by atoms with Crippen molar-refractivity contribution < 1.29 is 0 Å². The van der Waals surface area contributed by atoms with Crippen LogP contribution in [0.15, 0.2) is 41.0 Å². The standard InChI is InChI=1S/C23H29BN6/c1-30-22-12-18(17-4-8-24(16-26)9-5-17)2-3-21(22)29-15-23(30)19(13-25)14-28-20-6-10-27-11-7-20/h2-4,12-15,20,23,25,27-28H,5-11H2,1H3/b19-14+,25-13?. The highest BCUT2D eigenvalue weighted by atomic mass is 15.2. The summed E-state index contributed by atoms with van der Waals surface area (Å²) in [5.74, 6) is 2.38. The van der Waals surface area contributed by atoms with Gasteiger partial charge in [-0.1, -0.05) is 18.5 Å². The molecule has 1 unspecified atom stereocenters. The van der Waals surface area contributed by atoms with Crippen LogP contribution >= 0.6 is 0 Å². The molecule has 0 bridgehead atoms. The van der Waals surface area contributed by atoms with E-state index in [0.29, 0.717) is 6.04 Å². The van der Waals surface area contributed by atoms with Crippen LogP contribution in [0.4, 0.5) is 11.4 Å². The van der Waals surface area contributed by atoms with Crippen LogP contribution in [0.2, 0.25) is 12.6 Å². The second-order valence-corrected chi connectivity index (χ2v) is 8.35. The van der Waals surface area contributed by atoms with Crippen LogP contribution in [0.1, 0.15) is 24.8 Å². The Morgan fingerprint density at radius 2 is 2.23 bits per heavy atom. The molecule has 0 radical (unpaired) electrons. The Morgan fingerprint density at radius 1 is 1.40 bits per heavy atom. The number of likely N-dealkylation sites (N-methyl/N-ethyl adjacent to an activating group) is 1. The summed E-state index contributed by atoms with van der Waals surface area (Å²) in [5, 5.41) is 24.0. The zero-order chi connectivity index (χ0) is 20.9. The molecule has 0 aromatic heterocycles. The van der Waals surface area contributed by atoms with E-state index in [4.69, 9.17) is 10.7 Å². The molecule has 0 saturated carbocycles. The number of nitriles is 1. The van der Waals surface area contributed by atoms with E-state index in [9.17, 15) is 0 Å². The van der Waals surface area contributed by atoms with Crippen LogP contribution in [-0.4, -0.2) is 51.4 Å². The molecule has 3 N–H and O–H groups in total. The van der Waals surface area contributed by atoms with Gasteiger partial charge >= 0.3 is 0 Å². The highest BCUT2D eigenvalue weighted by molar-refractivity contribution is 6.67. The Hall–Kier alpha value is -2.85. The van der Waals surface area contributed by atoms with Crippen molar-refractivity contribution in [2.45, 2.75) is 44.0 Å². The predicted octanol–water partition coefficient (Wildman–Crippen LogP) is 3.43. The molecule has 0 aliphatic carbocycles. The van der Waals surface area contributed by atoms with Gasteiger partial charge in [0.1, 0.15) is 0 Å². The molecule has 0 amide bonds. The first kappa shape index (κ1) is 20.4. The number of rotatable bonds is 5. The predicted molar refractivity (Wildman–Crippen MR) is 126 cm³/mol. The quantitative estimate of drug-likeness (QED) is 0.522. The normalized spacial score (nSPS) is 22.2. The molecule has 0 spiro atoms. The Morgan fingerprint density at radius 3 is 2.93 bits per heavy atom. The van der Waals surface area contributed by atoms with E-state index in [1.54, 1.807) is 0 Å². The van der Waals surface area contributed by atoms with Gasteiger partial charge in [0.15, 0.2) is 0 Å². The van der Waals surface area contributed by atoms with Gasteiger partial charge in [-0.25, -0.2) is 5.26 Å². The number of nitrogens with one attached hydrogen (secondary N) is 3. The number of hydrogen-bond donors (Lipinski definition) is 3. The summed E-state index contributed by atoms with van der Waals surface area (Å²) < 4.78 is 0. The summed E-state index contributed by atoms with van der Waals surface area (Å²) in [6, 6.07) is 6.81. The maximum absolute atomic E-state index is 9.14. The monoisotopic (exact) mass is 400 g/mol. The number of fused-ring (bicyclic) bond motifs is 1. The van der Waals surface area contributed by atoms with Crippen LogP contribution in [0.25, 0.3) is 5.57 Å². The maximum atomic E-state index is 9.14.